The maximum atomic E-state index is 12.5. The van der Waals surface area contributed by atoms with Crippen LogP contribution >= 0.6 is 0 Å². The molecule has 0 saturated carbocycles. The topological polar surface area (TPSA) is 89.0 Å². The Kier molecular flexibility index (Phi) is 3.93. The number of carbonyl (C=O) groups is 1. The highest BCUT2D eigenvalue weighted by molar-refractivity contribution is 5.93. The van der Waals surface area contributed by atoms with Crippen molar-refractivity contribution in [3.05, 3.63) is 22.9 Å². The van der Waals surface area contributed by atoms with Crippen molar-refractivity contribution in [3.8, 4) is 6.07 Å². The molecule has 0 unspecified atom stereocenters. The summed E-state index contributed by atoms with van der Waals surface area (Å²) >= 11 is 0. The highest BCUT2D eigenvalue weighted by Crippen LogP contribution is 2.23. The smallest absolute Gasteiger partial charge is 0.339 e. The number of nitriles is 1. The highest BCUT2D eigenvalue weighted by atomic mass is 19.3. The lowest BCUT2D eigenvalue weighted by atomic mass is 10.1. The molecule has 0 aliphatic rings. The second kappa shape index (κ2) is 5.21. The summed E-state index contributed by atoms with van der Waals surface area (Å²) < 4.78 is 29.6. The van der Waals surface area contributed by atoms with Crippen molar-refractivity contribution in [1.82, 2.24) is 4.98 Å². The third-order valence-electron chi connectivity index (χ3n) is 1.90. The predicted molar refractivity (Wildman–Crippen MR) is 54.3 cm³/mol. The van der Waals surface area contributed by atoms with Gasteiger partial charge in [0.05, 0.1) is 12.2 Å². The van der Waals surface area contributed by atoms with Gasteiger partial charge in [-0.2, -0.15) is 5.26 Å². The number of hydrogen-bond donors (Lipinski definition) is 1. The number of rotatable bonds is 3. The lowest BCUT2D eigenvalue weighted by Crippen LogP contribution is -2.11. The maximum Gasteiger partial charge on any atom is 0.339 e. The van der Waals surface area contributed by atoms with Crippen molar-refractivity contribution in [1.29, 1.82) is 5.26 Å². The summed E-state index contributed by atoms with van der Waals surface area (Å²) in [7, 11) is 0. The van der Waals surface area contributed by atoms with Gasteiger partial charge < -0.3 is 10.5 Å². The normalized spacial score (nSPS) is 10.1. The third kappa shape index (κ3) is 2.66. The average molecular weight is 241 g/mol. The number of aromatic nitrogens is 1. The fourth-order valence-electron chi connectivity index (χ4n) is 1.18. The van der Waals surface area contributed by atoms with E-state index in [1.165, 1.54) is 0 Å². The molecule has 0 bridgehead atoms. The number of esters is 1. The van der Waals surface area contributed by atoms with Crippen LogP contribution in [0.1, 0.15) is 35.0 Å². The van der Waals surface area contributed by atoms with E-state index in [1.807, 2.05) is 0 Å². The number of nitrogens with two attached hydrogens (primary N) is 1. The molecule has 0 atom stereocenters. The lowest BCUT2D eigenvalue weighted by Gasteiger charge is -2.08. The molecule has 7 heteroatoms. The van der Waals surface area contributed by atoms with Gasteiger partial charge in [0.15, 0.2) is 0 Å². The van der Waals surface area contributed by atoms with Crippen LogP contribution in [0.15, 0.2) is 6.07 Å². The summed E-state index contributed by atoms with van der Waals surface area (Å²) in [6.07, 6.45) is -2.88. The molecule has 0 radical (unpaired) electrons. The van der Waals surface area contributed by atoms with Gasteiger partial charge >= 0.3 is 5.97 Å². The molecule has 0 aliphatic carbocycles. The first-order valence-corrected chi connectivity index (χ1v) is 4.67. The van der Waals surface area contributed by atoms with Gasteiger partial charge in [-0.1, -0.05) is 0 Å². The van der Waals surface area contributed by atoms with Gasteiger partial charge in [0, 0.05) is 0 Å². The van der Waals surface area contributed by atoms with E-state index < -0.39 is 23.9 Å². The molecule has 0 spiro atoms. The number of ether oxygens (including phenoxy) is 1. The van der Waals surface area contributed by atoms with Gasteiger partial charge in [-0.15, -0.1) is 0 Å². The molecule has 0 aliphatic heterocycles. The Bertz CT molecular complexity index is 483. The first kappa shape index (κ1) is 12.8. The quantitative estimate of drug-likeness (QED) is 0.812. The Morgan fingerprint density at radius 2 is 2.35 bits per heavy atom. The molecule has 5 nitrogen and oxygen atoms in total. The van der Waals surface area contributed by atoms with Gasteiger partial charge in [0.1, 0.15) is 23.1 Å². The van der Waals surface area contributed by atoms with Crippen molar-refractivity contribution >= 4 is 11.8 Å². The molecule has 0 fully saturated rings. The van der Waals surface area contributed by atoms with Gasteiger partial charge in [0.25, 0.3) is 6.43 Å². The molecule has 1 heterocycles. The van der Waals surface area contributed by atoms with Crippen molar-refractivity contribution < 1.29 is 18.3 Å². The first-order valence-electron chi connectivity index (χ1n) is 4.67. The Hall–Kier alpha value is -2.23. The van der Waals surface area contributed by atoms with Crippen LogP contribution in [0.2, 0.25) is 0 Å². The Morgan fingerprint density at radius 3 is 2.82 bits per heavy atom. The number of nitrogen functional groups attached to an aromatic ring is 1. The number of halogens is 2. The molecular formula is C10H9F2N3O2. The second-order valence-corrected chi connectivity index (χ2v) is 2.99. The third-order valence-corrected chi connectivity index (χ3v) is 1.90. The maximum absolute atomic E-state index is 12.5. The number of alkyl halides is 2. The Balaban J connectivity index is 3.35. The minimum atomic E-state index is -2.88. The van der Waals surface area contributed by atoms with Crippen LogP contribution in [0.25, 0.3) is 0 Å². The van der Waals surface area contributed by atoms with Crippen LogP contribution in [0.5, 0.6) is 0 Å². The predicted octanol–water partition coefficient (Wildman–Crippen LogP) is 1.65. The summed E-state index contributed by atoms with van der Waals surface area (Å²) in [5.74, 6) is -1.28. The van der Waals surface area contributed by atoms with Crippen LogP contribution in [0, 0.1) is 11.3 Å². The van der Waals surface area contributed by atoms with Crippen LogP contribution in [-0.2, 0) is 4.74 Å². The van der Waals surface area contributed by atoms with Crippen LogP contribution in [-0.4, -0.2) is 17.6 Å². The van der Waals surface area contributed by atoms with Gasteiger partial charge in [-0.25, -0.2) is 18.6 Å². The number of hydrogen-bond acceptors (Lipinski definition) is 5. The van der Waals surface area contributed by atoms with E-state index in [-0.39, 0.29) is 17.7 Å². The summed E-state index contributed by atoms with van der Waals surface area (Å²) in [5, 5.41) is 8.78. The summed E-state index contributed by atoms with van der Waals surface area (Å²) in [4.78, 5) is 14.8. The van der Waals surface area contributed by atoms with Crippen molar-refractivity contribution in [2.75, 3.05) is 12.3 Å². The number of pyridine rings is 1. The van der Waals surface area contributed by atoms with E-state index >= 15 is 0 Å². The molecule has 90 valence electrons. The zero-order chi connectivity index (χ0) is 13.0. The molecular weight excluding hydrogens is 232 g/mol. The zero-order valence-electron chi connectivity index (χ0n) is 8.91. The SMILES string of the molecule is CCOC(=O)c1cc(C(F)F)nc(N)c1C#N. The van der Waals surface area contributed by atoms with E-state index in [2.05, 4.69) is 9.72 Å². The van der Waals surface area contributed by atoms with Gasteiger partial charge in [0.2, 0.25) is 0 Å². The minimum absolute atomic E-state index is 0.0654. The monoisotopic (exact) mass is 241 g/mol. The fraction of sp³-hybridized carbons (Fsp3) is 0.300. The van der Waals surface area contributed by atoms with Crippen LogP contribution in [0.3, 0.4) is 0 Å². The van der Waals surface area contributed by atoms with Gasteiger partial charge in [-0.3, -0.25) is 0 Å². The van der Waals surface area contributed by atoms with E-state index in [9.17, 15) is 13.6 Å². The van der Waals surface area contributed by atoms with Crippen LogP contribution in [0.4, 0.5) is 14.6 Å². The van der Waals surface area contributed by atoms with Crippen molar-refractivity contribution in [2.24, 2.45) is 0 Å². The molecule has 0 amide bonds. The van der Waals surface area contributed by atoms with E-state index in [0.717, 1.165) is 6.07 Å². The van der Waals surface area contributed by atoms with E-state index in [1.54, 1.807) is 13.0 Å². The van der Waals surface area contributed by atoms with E-state index in [4.69, 9.17) is 11.0 Å². The van der Waals surface area contributed by atoms with Crippen LogP contribution < -0.4 is 5.73 Å². The summed E-state index contributed by atoms with van der Waals surface area (Å²) in [5.41, 5.74) is 4.12. The number of carbonyl (C=O) groups excluding carboxylic acids is 1. The standard InChI is InChI=1S/C10H9F2N3O2/c1-2-17-10(16)5-3-7(8(11)12)15-9(14)6(5)4-13/h3,8H,2H2,1H3,(H2,14,15). The fourth-order valence-corrected chi connectivity index (χ4v) is 1.18. The number of anilines is 1. The molecule has 17 heavy (non-hydrogen) atoms. The molecule has 1 aromatic rings. The summed E-state index contributed by atoms with van der Waals surface area (Å²) in [6.45, 7) is 1.62. The Labute approximate surface area is 95.8 Å². The highest BCUT2D eigenvalue weighted by Gasteiger charge is 2.21. The molecule has 2 N–H and O–H groups in total. The zero-order valence-corrected chi connectivity index (χ0v) is 8.91. The molecule has 1 aromatic heterocycles. The summed E-state index contributed by atoms with van der Waals surface area (Å²) in [6, 6.07) is 2.45. The Morgan fingerprint density at radius 1 is 1.71 bits per heavy atom. The average Bonchev–Trinajstić information content (AvgIpc) is 2.28. The van der Waals surface area contributed by atoms with Crippen molar-refractivity contribution in [3.63, 3.8) is 0 Å². The minimum Gasteiger partial charge on any atom is -0.462 e. The second-order valence-electron chi connectivity index (χ2n) is 2.99. The van der Waals surface area contributed by atoms with Crippen molar-refractivity contribution in [2.45, 2.75) is 13.3 Å². The molecule has 0 saturated heterocycles. The molecule has 1 rings (SSSR count). The molecule has 0 aromatic carbocycles. The lowest BCUT2D eigenvalue weighted by molar-refractivity contribution is 0.0525. The van der Waals surface area contributed by atoms with E-state index in [0.29, 0.717) is 0 Å². The largest absolute Gasteiger partial charge is 0.462 e. The first-order chi connectivity index (χ1) is 8.01. The number of nitrogens with zero attached hydrogens (tertiary/aromatic N) is 2. The van der Waals surface area contributed by atoms with Gasteiger partial charge in [-0.05, 0) is 13.0 Å².